The third-order valence-corrected chi connectivity index (χ3v) is 4.94. The molecule has 158 valence electrons. The third kappa shape index (κ3) is 4.74. The number of ether oxygens (including phenoxy) is 2. The van der Waals surface area contributed by atoms with E-state index in [2.05, 4.69) is 11.1 Å². The summed E-state index contributed by atoms with van der Waals surface area (Å²) in [5.41, 5.74) is 1.13. The lowest BCUT2D eigenvalue weighted by Crippen LogP contribution is -2.48. The van der Waals surface area contributed by atoms with Gasteiger partial charge in [0.05, 0.1) is 14.2 Å². The molecule has 8 nitrogen and oxygen atoms in total. The number of rotatable bonds is 7. The largest absolute Gasteiger partial charge is 0.493 e. The molecule has 0 bridgehead atoms. The van der Waals surface area contributed by atoms with E-state index in [4.69, 9.17) is 13.9 Å². The van der Waals surface area contributed by atoms with Crippen LogP contribution in [0.3, 0.4) is 0 Å². The molecule has 0 aliphatic carbocycles. The smallest absolute Gasteiger partial charge is 0.235 e. The lowest BCUT2D eigenvalue weighted by molar-refractivity contribution is -0.131. The Hall–Kier alpha value is -3.47. The van der Waals surface area contributed by atoms with Gasteiger partial charge < -0.3 is 23.7 Å². The summed E-state index contributed by atoms with van der Waals surface area (Å²) in [6.45, 7) is 4.44. The maximum atomic E-state index is 12.1. The zero-order chi connectivity index (χ0) is 21.5. The Morgan fingerprint density at radius 3 is 2.57 bits per heavy atom. The Labute approximate surface area is 176 Å². The van der Waals surface area contributed by atoms with Crippen molar-refractivity contribution >= 4 is 23.9 Å². The molecule has 1 aromatic heterocycles. The van der Waals surface area contributed by atoms with Crippen molar-refractivity contribution in [3.63, 3.8) is 0 Å². The topological polar surface area (TPSA) is 91.8 Å². The normalized spacial score (nSPS) is 14.1. The van der Waals surface area contributed by atoms with Gasteiger partial charge in [0.2, 0.25) is 23.4 Å². The molecular weight excluding hydrogens is 384 g/mol. The van der Waals surface area contributed by atoms with Crippen molar-refractivity contribution in [1.82, 2.24) is 9.88 Å². The highest BCUT2D eigenvalue weighted by molar-refractivity contribution is 5.76. The van der Waals surface area contributed by atoms with Crippen LogP contribution in [0, 0.1) is 11.3 Å². The van der Waals surface area contributed by atoms with Crippen molar-refractivity contribution in [1.29, 1.82) is 5.26 Å². The van der Waals surface area contributed by atoms with Gasteiger partial charge in [0.15, 0.2) is 11.5 Å². The number of oxazole rings is 1. The minimum absolute atomic E-state index is 0.175. The molecule has 0 radical (unpaired) electrons. The van der Waals surface area contributed by atoms with Gasteiger partial charge in [0, 0.05) is 38.7 Å². The van der Waals surface area contributed by atoms with Crippen LogP contribution >= 0.6 is 0 Å². The van der Waals surface area contributed by atoms with E-state index in [0.717, 1.165) is 12.0 Å². The first kappa shape index (κ1) is 21.2. The van der Waals surface area contributed by atoms with Gasteiger partial charge in [-0.15, -0.1) is 0 Å². The SMILES string of the molecule is CCCC(=O)N1CCN(c2oc(/C=C/c3ccc(OC)c(OC)c3)nc2C#N)CC1. The summed E-state index contributed by atoms with van der Waals surface area (Å²) >= 11 is 0. The summed E-state index contributed by atoms with van der Waals surface area (Å²) in [4.78, 5) is 20.2. The molecule has 1 amide bonds. The minimum Gasteiger partial charge on any atom is -0.493 e. The molecule has 0 saturated carbocycles. The van der Waals surface area contributed by atoms with Crippen LogP contribution in [0.5, 0.6) is 11.5 Å². The second kappa shape index (κ2) is 9.83. The first-order valence-corrected chi connectivity index (χ1v) is 9.93. The van der Waals surface area contributed by atoms with Crippen LogP contribution in [0.25, 0.3) is 12.2 Å². The molecule has 30 heavy (non-hydrogen) atoms. The number of amides is 1. The lowest BCUT2D eigenvalue weighted by Gasteiger charge is -2.34. The number of hydrogen-bond acceptors (Lipinski definition) is 7. The highest BCUT2D eigenvalue weighted by Crippen LogP contribution is 2.29. The van der Waals surface area contributed by atoms with E-state index in [-0.39, 0.29) is 11.6 Å². The molecule has 0 atom stereocenters. The van der Waals surface area contributed by atoms with E-state index in [0.29, 0.717) is 55.9 Å². The van der Waals surface area contributed by atoms with Crippen molar-refractivity contribution in [2.24, 2.45) is 0 Å². The van der Waals surface area contributed by atoms with Crippen molar-refractivity contribution in [3.05, 3.63) is 35.3 Å². The highest BCUT2D eigenvalue weighted by atomic mass is 16.5. The van der Waals surface area contributed by atoms with Gasteiger partial charge in [-0.2, -0.15) is 10.2 Å². The molecular formula is C22H26N4O4. The average Bonchev–Trinajstić information content (AvgIpc) is 3.21. The molecule has 2 aromatic rings. The van der Waals surface area contributed by atoms with Gasteiger partial charge in [-0.1, -0.05) is 13.0 Å². The zero-order valence-corrected chi connectivity index (χ0v) is 17.6. The number of carbonyl (C=O) groups is 1. The summed E-state index contributed by atoms with van der Waals surface area (Å²) in [5.74, 6) is 2.25. The van der Waals surface area contributed by atoms with Crippen molar-refractivity contribution in [2.45, 2.75) is 19.8 Å². The zero-order valence-electron chi connectivity index (χ0n) is 17.6. The summed E-state index contributed by atoms with van der Waals surface area (Å²) < 4.78 is 16.4. The Bertz CT molecular complexity index is 953. The van der Waals surface area contributed by atoms with Crippen LogP contribution < -0.4 is 14.4 Å². The molecule has 0 N–H and O–H groups in total. The predicted octanol–water partition coefficient (Wildman–Crippen LogP) is 3.18. The number of aromatic nitrogens is 1. The second-order valence-electron chi connectivity index (χ2n) is 6.88. The fourth-order valence-electron chi connectivity index (χ4n) is 3.34. The van der Waals surface area contributed by atoms with E-state index >= 15 is 0 Å². The van der Waals surface area contributed by atoms with Crippen LogP contribution in [0.15, 0.2) is 22.6 Å². The van der Waals surface area contributed by atoms with E-state index in [1.807, 2.05) is 41.0 Å². The molecule has 1 aliphatic heterocycles. The van der Waals surface area contributed by atoms with Gasteiger partial charge in [0.25, 0.3) is 0 Å². The fraction of sp³-hybridized carbons (Fsp3) is 0.409. The minimum atomic E-state index is 0.175. The molecule has 2 heterocycles. The third-order valence-electron chi connectivity index (χ3n) is 4.94. The lowest BCUT2D eigenvalue weighted by atomic mass is 10.2. The van der Waals surface area contributed by atoms with Gasteiger partial charge in [0.1, 0.15) is 6.07 Å². The number of piperazine rings is 1. The quantitative estimate of drug-likeness (QED) is 0.692. The van der Waals surface area contributed by atoms with Crippen molar-refractivity contribution < 1.29 is 18.7 Å². The standard InChI is InChI=1S/C22H26N4O4/c1-4-5-21(27)25-10-12-26(13-11-25)22-17(15-23)24-20(30-22)9-7-16-6-8-18(28-2)19(14-16)29-3/h6-9,14H,4-5,10-13H2,1-3H3/b9-7+. The maximum Gasteiger partial charge on any atom is 0.235 e. The number of hydrogen-bond donors (Lipinski definition) is 0. The molecule has 0 unspecified atom stereocenters. The maximum absolute atomic E-state index is 12.1. The molecule has 8 heteroatoms. The monoisotopic (exact) mass is 410 g/mol. The van der Waals surface area contributed by atoms with Gasteiger partial charge in [-0.05, 0) is 30.2 Å². The summed E-state index contributed by atoms with van der Waals surface area (Å²) in [7, 11) is 3.17. The molecule has 1 aliphatic rings. The van der Waals surface area contributed by atoms with Crippen molar-refractivity contribution in [2.75, 3.05) is 45.3 Å². The first-order valence-electron chi connectivity index (χ1n) is 9.93. The van der Waals surface area contributed by atoms with E-state index in [1.54, 1.807) is 20.3 Å². The van der Waals surface area contributed by atoms with E-state index < -0.39 is 0 Å². The van der Waals surface area contributed by atoms with Gasteiger partial charge >= 0.3 is 0 Å². The number of nitriles is 1. The van der Waals surface area contributed by atoms with Crippen LogP contribution in [-0.2, 0) is 4.79 Å². The Balaban J connectivity index is 1.72. The summed E-state index contributed by atoms with van der Waals surface area (Å²) in [5, 5.41) is 9.47. The van der Waals surface area contributed by atoms with E-state index in [1.165, 1.54) is 0 Å². The number of carbonyl (C=O) groups excluding carboxylic acids is 1. The Kier molecular flexibility index (Phi) is 6.96. The molecule has 1 fully saturated rings. The number of benzene rings is 1. The number of nitrogens with zero attached hydrogens (tertiary/aromatic N) is 4. The number of methoxy groups -OCH3 is 2. The summed E-state index contributed by atoms with van der Waals surface area (Å²) in [6, 6.07) is 7.65. The average molecular weight is 410 g/mol. The van der Waals surface area contributed by atoms with Crippen LogP contribution in [0.4, 0.5) is 5.88 Å². The van der Waals surface area contributed by atoms with E-state index in [9.17, 15) is 10.1 Å². The Morgan fingerprint density at radius 2 is 1.93 bits per heavy atom. The Morgan fingerprint density at radius 1 is 1.20 bits per heavy atom. The first-order chi connectivity index (χ1) is 14.6. The molecule has 1 saturated heterocycles. The van der Waals surface area contributed by atoms with Crippen LogP contribution in [0.2, 0.25) is 0 Å². The van der Waals surface area contributed by atoms with Gasteiger partial charge in [-0.25, -0.2) is 0 Å². The predicted molar refractivity (Wildman–Crippen MR) is 113 cm³/mol. The van der Waals surface area contributed by atoms with Crippen LogP contribution in [-0.4, -0.2) is 56.2 Å². The number of anilines is 1. The summed E-state index contributed by atoms with van der Waals surface area (Å²) in [6.07, 6.45) is 4.96. The van der Waals surface area contributed by atoms with Crippen LogP contribution in [0.1, 0.15) is 36.9 Å². The molecule has 1 aromatic carbocycles. The van der Waals surface area contributed by atoms with Crippen molar-refractivity contribution in [3.8, 4) is 17.6 Å². The molecule has 3 rings (SSSR count). The van der Waals surface area contributed by atoms with Gasteiger partial charge in [-0.3, -0.25) is 4.79 Å². The molecule has 0 spiro atoms. The fourth-order valence-corrected chi connectivity index (χ4v) is 3.34. The second-order valence-corrected chi connectivity index (χ2v) is 6.88. The highest BCUT2D eigenvalue weighted by Gasteiger charge is 2.25.